The molecule has 0 saturated heterocycles. The van der Waals surface area contributed by atoms with E-state index in [0.717, 1.165) is 6.61 Å². The molecule has 0 heterocycles. The maximum Gasteiger partial charge on any atom is 0.0112 e. The number of ether oxygens (including phenoxy) is 1. The van der Waals surface area contributed by atoms with Gasteiger partial charge in [-0.2, -0.15) is 6.92 Å². The van der Waals surface area contributed by atoms with E-state index in [1.54, 1.807) is 6.61 Å². The summed E-state index contributed by atoms with van der Waals surface area (Å²) in [6.45, 7) is 6.79. The average Bonchev–Trinajstić information content (AvgIpc) is 1.89. The van der Waals surface area contributed by atoms with Crippen LogP contribution in [0.2, 0.25) is 0 Å². The van der Waals surface area contributed by atoms with Crippen molar-refractivity contribution in [3.05, 3.63) is 6.61 Å². The number of rotatable bonds is 6. The van der Waals surface area contributed by atoms with Crippen LogP contribution in [0.5, 0.6) is 0 Å². The van der Waals surface area contributed by atoms with Gasteiger partial charge in [-0.3, -0.25) is 0 Å². The number of hydrogen-bond acceptors (Lipinski definition) is 1. The molecule has 1 nitrogen and oxygen atoms in total. The standard InChI is InChI=1S/C8H17O.Zn/c1-3-5-6-7-8-9-4-2;/h4H,3,5-8H2,1-2H3;/q-1;. The molecular formula is C8H17OZn-. The zero-order chi connectivity index (χ0) is 6.95. The molecule has 0 saturated carbocycles. The van der Waals surface area contributed by atoms with E-state index >= 15 is 0 Å². The second kappa shape index (κ2) is 12.3. The van der Waals surface area contributed by atoms with Crippen molar-refractivity contribution < 1.29 is 24.2 Å². The van der Waals surface area contributed by atoms with Crippen LogP contribution < -0.4 is 0 Å². The summed E-state index contributed by atoms with van der Waals surface area (Å²) in [5.41, 5.74) is 0. The van der Waals surface area contributed by atoms with Gasteiger partial charge in [0.1, 0.15) is 0 Å². The van der Waals surface area contributed by atoms with Crippen LogP contribution in [-0.4, -0.2) is 6.61 Å². The minimum absolute atomic E-state index is 0. The van der Waals surface area contributed by atoms with Gasteiger partial charge < -0.3 is 4.74 Å². The summed E-state index contributed by atoms with van der Waals surface area (Å²) >= 11 is 0. The molecule has 0 amide bonds. The fourth-order valence-electron chi connectivity index (χ4n) is 0.730. The molecule has 2 heteroatoms. The van der Waals surface area contributed by atoms with Crippen molar-refractivity contribution in [2.45, 2.75) is 39.5 Å². The van der Waals surface area contributed by atoms with Gasteiger partial charge >= 0.3 is 0 Å². The van der Waals surface area contributed by atoms with Gasteiger partial charge in [-0.25, -0.2) is 6.61 Å². The van der Waals surface area contributed by atoms with Crippen molar-refractivity contribution in [3.63, 3.8) is 0 Å². The van der Waals surface area contributed by atoms with Gasteiger partial charge in [-0.15, -0.1) is 0 Å². The second-order valence-electron chi connectivity index (χ2n) is 2.17. The molecule has 0 spiro atoms. The third-order valence-electron chi connectivity index (χ3n) is 1.28. The molecular weight excluding hydrogens is 177 g/mol. The van der Waals surface area contributed by atoms with E-state index in [1.807, 2.05) is 6.92 Å². The third-order valence-corrected chi connectivity index (χ3v) is 1.28. The van der Waals surface area contributed by atoms with E-state index < -0.39 is 0 Å². The number of hydrogen-bond donors (Lipinski definition) is 0. The Morgan fingerprint density at radius 1 is 1.20 bits per heavy atom. The van der Waals surface area contributed by atoms with E-state index in [2.05, 4.69) is 6.92 Å². The molecule has 0 aliphatic carbocycles. The minimum Gasteiger partial charge on any atom is -0.552 e. The smallest absolute Gasteiger partial charge is 0.0112 e. The average molecular weight is 195 g/mol. The Morgan fingerprint density at radius 2 is 1.90 bits per heavy atom. The van der Waals surface area contributed by atoms with Crippen molar-refractivity contribution in [3.8, 4) is 0 Å². The molecule has 0 unspecified atom stereocenters. The van der Waals surface area contributed by atoms with Crippen LogP contribution in [0.1, 0.15) is 39.5 Å². The summed E-state index contributed by atoms with van der Waals surface area (Å²) < 4.78 is 5.06. The van der Waals surface area contributed by atoms with Crippen LogP contribution in [0.4, 0.5) is 0 Å². The Kier molecular flexibility index (Phi) is 16.2. The molecule has 0 aromatic carbocycles. The van der Waals surface area contributed by atoms with E-state index in [0.29, 0.717) is 0 Å². The first-order valence-electron chi connectivity index (χ1n) is 3.81. The zero-order valence-electron chi connectivity index (χ0n) is 7.23. The monoisotopic (exact) mass is 193 g/mol. The SMILES string of the molecule is C[CH-]OCCCCCC.[Zn]. The first-order valence-corrected chi connectivity index (χ1v) is 3.81. The maximum atomic E-state index is 5.06. The summed E-state index contributed by atoms with van der Waals surface area (Å²) in [5.74, 6) is 0. The molecule has 0 N–H and O–H groups in total. The van der Waals surface area contributed by atoms with Crippen LogP contribution in [-0.2, 0) is 24.2 Å². The Morgan fingerprint density at radius 3 is 2.40 bits per heavy atom. The Hall–Kier alpha value is 0.583. The van der Waals surface area contributed by atoms with E-state index in [-0.39, 0.29) is 19.5 Å². The fourth-order valence-corrected chi connectivity index (χ4v) is 0.730. The molecule has 0 aliphatic heterocycles. The van der Waals surface area contributed by atoms with Gasteiger partial charge in [0.15, 0.2) is 0 Å². The second-order valence-corrected chi connectivity index (χ2v) is 2.17. The quantitative estimate of drug-likeness (QED) is 0.359. The van der Waals surface area contributed by atoms with Gasteiger partial charge in [0.2, 0.25) is 0 Å². The third kappa shape index (κ3) is 11.4. The normalized spacial score (nSPS) is 9.00. The van der Waals surface area contributed by atoms with E-state index in [9.17, 15) is 0 Å². The fraction of sp³-hybridized carbons (Fsp3) is 0.875. The van der Waals surface area contributed by atoms with Gasteiger partial charge in [-0.05, 0) is 6.42 Å². The molecule has 0 rings (SSSR count). The topological polar surface area (TPSA) is 9.23 Å². The Balaban J connectivity index is 0. The molecule has 0 bridgehead atoms. The van der Waals surface area contributed by atoms with Crippen LogP contribution in [0.25, 0.3) is 0 Å². The first kappa shape index (κ1) is 13.2. The van der Waals surface area contributed by atoms with Crippen molar-refractivity contribution in [1.82, 2.24) is 0 Å². The van der Waals surface area contributed by atoms with Crippen molar-refractivity contribution in [2.24, 2.45) is 0 Å². The predicted octanol–water partition coefficient (Wildman–Crippen LogP) is 2.76. The zero-order valence-corrected chi connectivity index (χ0v) is 10.2. The Bertz CT molecular complexity index is 42.5. The Labute approximate surface area is 77.3 Å². The van der Waals surface area contributed by atoms with Crippen LogP contribution >= 0.6 is 0 Å². The van der Waals surface area contributed by atoms with Gasteiger partial charge in [0, 0.05) is 26.1 Å². The molecule has 0 fully saturated rings. The summed E-state index contributed by atoms with van der Waals surface area (Å²) in [6, 6.07) is 0. The maximum absolute atomic E-state index is 5.06. The molecule has 0 aromatic heterocycles. The van der Waals surface area contributed by atoms with Crippen LogP contribution in [0.15, 0.2) is 0 Å². The summed E-state index contributed by atoms with van der Waals surface area (Å²) in [6.07, 6.45) is 5.16. The summed E-state index contributed by atoms with van der Waals surface area (Å²) in [4.78, 5) is 0. The van der Waals surface area contributed by atoms with E-state index in [1.165, 1.54) is 25.7 Å². The van der Waals surface area contributed by atoms with Crippen molar-refractivity contribution >= 4 is 0 Å². The van der Waals surface area contributed by atoms with Crippen molar-refractivity contribution in [1.29, 1.82) is 0 Å². The summed E-state index contributed by atoms with van der Waals surface area (Å²) in [7, 11) is 0. The predicted molar refractivity (Wildman–Crippen MR) is 40.1 cm³/mol. The van der Waals surface area contributed by atoms with Gasteiger partial charge in [0.25, 0.3) is 0 Å². The van der Waals surface area contributed by atoms with E-state index in [4.69, 9.17) is 4.74 Å². The van der Waals surface area contributed by atoms with Crippen LogP contribution in [0.3, 0.4) is 0 Å². The first-order chi connectivity index (χ1) is 4.41. The molecule has 10 heavy (non-hydrogen) atoms. The molecule has 0 atom stereocenters. The van der Waals surface area contributed by atoms with Crippen LogP contribution in [0, 0.1) is 6.61 Å². The van der Waals surface area contributed by atoms with Gasteiger partial charge in [0.05, 0.1) is 0 Å². The minimum atomic E-state index is 0. The molecule has 0 aromatic rings. The molecule has 0 radical (unpaired) electrons. The molecule has 0 aliphatic rings. The van der Waals surface area contributed by atoms with Crippen molar-refractivity contribution in [2.75, 3.05) is 6.61 Å². The number of unbranched alkanes of at least 4 members (excludes halogenated alkanes) is 3. The summed E-state index contributed by atoms with van der Waals surface area (Å²) in [5, 5.41) is 0. The molecule has 58 valence electrons. The van der Waals surface area contributed by atoms with Gasteiger partial charge in [-0.1, -0.05) is 26.2 Å². The largest absolute Gasteiger partial charge is 0.552 e.